The molecule has 0 radical (unpaired) electrons. The van der Waals surface area contributed by atoms with E-state index in [2.05, 4.69) is 38.1 Å². The molecule has 0 aromatic heterocycles. The van der Waals surface area contributed by atoms with Gasteiger partial charge in [0.25, 0.3) is 0 Å². The van der Waals surface area contributed by atoms with E-state index in [0.29, 0.717) is 13.0 Å². The van der Waals surface area contributed by atoms with Crippen molar-refractivity contribution in [2.45, 2.75) is 51.7 Å². The van der Waals surface area contributed by atoms with Gasteiger partial charge in [-0.1, -0.05) is 72.8 Å². The van der Waals surface area contributed by atoms with E-state index in [-0.39, 0.29) is 11.4 Å². The molecule has 0 aliphatic carbocycles. The molecule has 0 unspecified atom stereocenters. The first kappa shape index (κ1) is 21.8. The zero-order chi connectivity index (χ0) is 22.4. The van der Waals surface area contributed by atoms with Crippen molar-refractivity contribution < 1.29 is 9.53 Å². The maximum atomic E-state index is 12.9. The van der Waals surface area contributed by atoms with Crippen LogP contribution in [0.2, 0.25) is 0 Å². The monoisotopic (exact) mass is 426 g/mol. The third kappa shape index (κ3) is 5.44. The molecule has 4 heteroatoms. The molecule has 0 fully saturated rings. The average Bonchev–Trinajstić information content (AvgIpc) is 3.14. The zero-order valence-corrected chi connectivity index (χ0v) is 18.8. The summed E-state index contributed by atoms with van der Waals surface area (Å²) < 4.78 is 5.98. The highest BCUT2D eigenvalue weighted by atomic mass is 16.5. The summed E-state index contributed by atoms with van der Waals surface area (Å²) in [5.41, 5.74) is 3.99. The van der Waals surface area contributed by atoms with Crippen LogP contribution in [0.5, 0.6) is 5.75 Å². The smallest absolute Gasteiger partial charge is 0.243 e. The summed E-state index contributed by atoms with van der Waals surface area (Å²) in [5.74, 6) is 0.886. The van der Waals surface area contributed by atoms with Crippen LogP contribution in [0.1, 0.15) is 49.8 Å². The Labute approximate surface area is 190 Å². The first-order valence-electron chi connectivity index (χ1n) is 11.2. The van der Waals surface area contributed by atoms with Crippen LogP contribution in [-0.4, -0.2) is 22.2 Å². The fourth-order valence-corrected chi connectivity index (χ4v) is 4.03. The van der Waals surface area contributed by atoms with Crippen LogP contribution < -0.4 is 4.74 Å². The van der Waals surface area contributed by atoms with Crippen molar-refractivity contribution in [1.82, 2.24) is 5.01 Å². The second kappa shape index (κ2) is 9.82. The van der Waals surface area contributed by atoms with Crippen LogP contribution in [0.4, 0.5) is 0 Å². The van der Waals surface area contributed by atoms with Crippen LogP contribution in [0.15, 0.2) is 90.0 Å². The summed E-state index contributed by atoms with van der Waals surface area (Å²) >= 11 is 0. The lowest BCUT2D eigenvalue weighted by Crippen LogP contribution is -2.40. The quantitative estimate of drug-likeness (QED) is 0.443. The van der Waals surface area contributed by atoms with Gasteiger partial charge < -0.3 is 4.74 Å². The molecule has 1 amide bonds. The van der Waals surface area contributed by atoms with Gasteiger partial charge in [-0.15, -0.1) is 0 Å². The van der Waals surface area contributed by atoms with E-state index in [1.165, 1.54) is 5.56 Å². The fourth-order valence-electron chi connectivity index (χ4n) is 4.03. The number of rotatable bonds is 8. The second-order valence-corrected chi connectivity index (χ2v) is 8.88. The number of nitrogens with zero attached hydrogens (tertiary/aromatic N) is 2. The highest BCUT2D eigenvalue weighted by Crippen LogP contribution is 2.31. The molecule has 4 rings (SSSR count). The Balaban J connectivity index is 1.40. The van der Waals surface area contributed by atoms with E-state index < -0.39 is 0 Å². The van der Waals surface area contributed by atoms with Crippen molar-refractivity contribution in [2.75, 3.05) is 0 Å². The highest BCUT2D eigenvalue weighted by molar-refractivity contribution is 6.03. The van der Waals surface area contributed by atoms with Gasteiger partial charge >= 0.3 is 0 Å². The zero-order valence-electron chi connectivity index (χ0n) is 18.8. The first-order chi connectivity index (χ1) is 15.5. The molecule has 3 aromatic carbocycles. The average molecular weight is 427 g/mol. The molecular weight excluding hydrogens is 396 g/mol. The lowest BCUT2D eigenvalue weighted by molar-refractivity contribution is -0.135. The summed E-state index contributed by atoms with van der Waals surface area (Å²) in [6.07, 6.45) is 2.94. The molecule has 1 aliphatic heterocycles. The van der Waals surface area contributed by atoms with Crippen LogP contribution >= 0.6 is 0 Å². The Morgan fingerprint density at radius 3 is 2.34 bits per heavy atom. The SMILES string of the molecule is CC1(C)CC(c2cccc(OCc3ccccc3)c2)=NN1C(=O)CCCc1ccccc1. The van der Waals surface area contributed by atoms with Gasteiger partial charge in [0.1, 0.15) is 12.4 Å². The Bertz CT molecular complexity index is 1070. The number of benzene rings is 3. The number of aryl methyl sites for hydroxylation is 1. The predicted molar refractivity (Wildman–Crippen MR) is 129 cm³/mol. The number of hydrogen-bond acceptors (Lipinski definition) is 3. The largest absolute Gasteiger partial charge is 0.489 e. The summed E-state index contributed by atoms with van der Waals surface area (Å²) in [5, 5.41) is 6.43. The van der Waals surface area contributed by atoms with Gasteiger partial charge in [-0.25, -0.2) is 5.01 Å². The van der Waals surface area contributed by atoms with E-state index in [1.54, 1.807) is 5.01 Å². The van der Waals surface area contributed by atoms with Crippen molar-refractivity contribution in [1.29, 1.82) is 0 Å². The van der Waals surface area contributed by atoms with Gasteiger partial charge in [-0.05, 0) is 49.9 Å². The summed E-state index contributed by atoms with van der Waals surface area (Å²) in [6.45, 7) is 4.68. The van der Waals surface area contributed by atoms with E-state index in [4.69, 9.17) is 9.84 Å². The third-order valence-electron chi connectivity index (χ3n) is 5.74. The molecule has 0 bridgehead atoms. The maximum Gasteiger partial charge on any atom is 0.243 e. The molecule has 164 valence electrons. The van der Waals surface area contributed by atoms with Crippen molar-refractivity contribution in [3.63, 3.8) is 0 Å². The molecule has 1 aliphatic rings. The molecule has 1 heterocycles. The van der Waals surface area contributed by atoms with Crippen LogP contribution in [0, 0.1) is 0 Å². The van der Waals surface area contributed by atoms with Gasteiger partial charge in [0.2, 0.25) is 5.91 Å². The fraction of sp³-hybridized carbons (Fsp3) is 0.286. The van der Waals surface area contributed by atoms with Crippen LogP contribution in [0.3, 0.4) is 0 Å². The van der Waals surface area contributed by atoms with Gasteiger partial charge in [0, 0.05) is 18.4 Å². The highest BCUT2D eigenvalue weighted by Gasteiger charge is 2.38. The number of hydrogen-bond donors (Lipinski definition) is 0. The molecule has 0 saturated carbocycles. The molecule has 32 heavy (non-hydrogen) atoms. The van der Waals surface area contributed by atoms with Crippen molar-refractivity contribution >= 4 is 11.6 Å². The molecular formula is C28H30N2O2. The van der Waals surface area contributed by atoms with Gasteiger partial charge in [0.05, 0.1) is 11.3 Å². The minimum absolute atomic E-state index is 0.0809. The van der Waals surface area contributed by atoms with Crippen molar-refractivity contribution in [2.24, 2.45) is 5.10 Å². The third-order valence-corrected chi connectivity index (χ3v) is 5.74. The molecule has 0 spiro atoms. The van der Waals surface area contributed by atoms with E-state index in [9.17, 15) is 4.79 Å². The van der Waals surface area contributed by atoms with E-state index >= 15 is 0 Å². The molecule has 0 N–H and O–H groups in total. The normalized spacial score (nSPS) is 14.8. The Morgan fingerprint density at radius 2 is 1.62 bits per heavy atom. The lowest BCUT2D eigenvalue weighted by atomic mass is 9.94. The topological polar surface area (TPSA) is 41.9 Å². The van der Waals surface area contributed by atoms with E-state index in [0.717, 1.165) is 41.9 Å². The van der Waals surface area contributed by atoms with Crippen molar-refractivity contribution in [3.05, 3.63) is 102 Å². The van der Waals surface area contributed by atoms with Gasteiger partial charge in [-0.3, -0.25) is 4.79 Å². The van der Waals surface area contributed by atoms with Crippen molar-refractivity contribution in [3.8, 4) is 5.75 Å². The number of amides is 1. The number of carbonyl (C=O) groups excluding carboxylic acids is 1. The molecule has 3 aromatic rings. The number of carbonyl (C=O) groups is 1. The Kier molecular flexibility index (Phi) is 6.69. The summed E-state index contributed by atoms with van der Waals surface area (Å²) in [7, 11) is 0. The predicted octanol–water partition coefficient (Wildman–Crippen LogP) is 6.00. The number of hydrazone groups is 1. The lowest BCUT2D eigenvalue weighted by Gasteiger charge is -2.28. The summed E-state index contributed by atoms with van der Waals surface area (Å²) in [4.78, 5) is 12.9. The Morgan fingerprint density at radius 1 is 0.938 bits per heavy atom. The molecule has 4 nitrogen and oxygen atoms in total. The van der Waals surface area contributed by atoms with Gasteiger partial charge in [-0.2, -0.15) is 5.10 Å². The minimum Gasteiger partial charge on any atom is -0.489 e. The maximum absolute atomic E-state index is 12.9. The van der Waals surface area contributed by atoms with Crippen LogP contribution in [0.25, 0.3) is 0 Å². The standard InChI is InChI=1S/C28H30N2O2/c1-28(2)20-26(29-30(28)27(31)18-9-15-22-11-5-3-6-12-22)24-16-10-17-25(19-24)32-21-23-13-7-4-8-14-23/h3-8,10-14,16-17,19H,9,15,18,20-21H2,1-2H3. The first-order valence-corrected chi connectivity index (χ1v) is 11.2. The second-order valence-electron chi connectivity index (χ2n) is 8.88. The van der Waals surface area contributed by atoms with E-state index in [1.807, 2.05) is 60.7 Å². The molecule has 0 atom stereocenters. The molecule has 0 saturated heterocycles. The van der Waals surface area contributed by atoms with Crippen LogP contribution in [-0.2, 0) is 17.8 Å². The number of ether oxygens (including phenoxy) is 1. The summed E-state index contributed by atoms with van der Waals surface area (Å²) in [6, 6.07) is 28.4. The van der Waals surface area contributed by atoms with Gasteiger partial charge in [0.15, 0.2) is 0 Å². The minimum atomic E-state index is -0.333. The Hall–Kier alpha value is -3.40.